The van der Waals surface area contributed by atoms with Crippen molar-refractivity contribution in [1.82, 2.24) is 9.55 Å². The van der Waals surface area contributed by atoms with E-state index in [2.05, 4.69) is 4.98 Å². The normalized spacial score (nSPS) is 12.5. The summed E-state index contributed by atoms with van der Waals surface area (Å²) in [5, 5.41) is 10.1. The monoisotopic (exact) mass is 526 g/mol. The van der Waals surface area contributed by atoms with Gasteiger partial charge in [-0.15, -0.1) is 11.3 Å². The molecule has 4 aromatic rings. The van der Waals surface area contributed by atoms with Crippen LogP contribution in [0.2, 0.25) is 5.02 Å². The molecule has 0 amide bonds. The van der Waals surface area contributed by atoms with Gasteiger partial charge in [-0.1, -0.05) is 29.8 Å². The van der Waals surface area contributed by atoms with Gasteiger partial charge in [-0.2, -0.15) is 13.2 Å². The number of hydrogen-bond donors (Lipinski definition) is 2. The highest BCUT2D eigenvalue weighted by Gasteiger charge is 2.44. The van der Waals surface area contributed by atoms with Gasteiger partial charge in [0.25, 0.3) is 5.56 Å². The number of fused-ring (bicyclic) bond motifs is 1. The molecule has 2 heterocycles. The van der Waals surface area contributed by atoms with Crippen molar-refractivity contribution in [2.45, 2.75) is 12.3 Å². The lowest BCUT2D eigenvalue weighted by atomic mass is 10.1. The number of rotatable bonds is 6. The molecule has 0 spiro atoms. The van der Waals surface area contributed by atoms with Gasteiger partial charge in [0.2, 0.25) is 6.10 Å². The van der Waals surface area contributed by atoms with Crippen molar-refractivity contribution in [3.8, 4) is 17.2 Å². The van der Waals surface area contributed by atoms with Crippen LogP contribution < -0.4 is 20.7 Å². The molecule has 0 saturated heterocycles. The third-order valence-electron chi connectivity index (χ3n) is 4.99. The largest absolute Gasteiger partial charge is 0.496 e. The lowest BCUT2D eigenvalue weighted by Gasteiger charge is -2.24. The maximum Gasteiger partial charge on any atom is 0.429 e. The predicted molar refractivity (Wildman–Crippen MR) is 122 cm³/mol. The molecule has 182 valence electrons. The van der Waals surface area contributed by atoms with Crippen molar-refractivity contribution in [2.24, 2.45) is 0 Å². The van der Waals surface area contributed by atoms with Crippen LogP contribution in [0.15, 0.2) is 57.4 Å². The summed E-state index contributed by atoms with van der Waals surface area (Å²) in [4.78, 5) is 39.6. The van der Waals surface area contributed by atoms with Crippen molar-refractivity contribution in [3.63, 3.8) is 0 Å². The summed E-state index contributed by atoms with van der Waals surface area (Å²) in [6.07, 6.45) is -7.30. The second-order valence-corrected chi connectivity index (χ2v) is 8.41. The lowest BCUT2D eigenvalue weighted by Crippen LogP contribution is -2.34. The van der Waals surface area contributed by atoms with Crippen molar-refractivity contribution in [3.05, 3.63) is 84.8 Å². The summed E-state index contributed by atoms with van der Waals surface area (Å²) in [6.45, 7) is 0. The van der Waals surface area contributed by atoms with E-state index in [4.69, 9.17) is 21.1 Å². The van der Waals surface area contributed by atoms with E-state index < -0.39 is 29.5 Å². The second kappa shape index (κ2) is 9.12. The van der Waals surface area contributed by atoms with Crippen LogP contribution in [0, 0.1) is 0 Å². The number of carboxylic acid groups (broad SMARTS) is 1. The number of ether oxygens (including phenoxy) is 2. The third-order valence-corrected chi connectivity index (χ3v) is 6.21. The average molecular weight is 527 g/mol. The summed E-state index contributed by atoms with van der Waals surface area (Å²) in [5.74, 6) is -1.80. The van der Waals surface area contributed by atoms with E-state index in [9.17, 15) is 32.7 Å². The molecule has 13 heteroatoms. The molecule has 0 saturated carbocycles. The van der Waals surface area contributed by atoms with Crippen molar-refractivity contribution < 1.29 is 32.5 Å². The van der Waals surface area contributed by atoms with Crippen LogP contribution in [-0.4, -0.2) is 33.9 Å². The molecule has 8 nitrogen and oxygen atoms in total. The molecule has 0 radical (unpaired) electrons. The minimum Gasteiger partial charge on any atom is -0.496 e. The highest BCUT2D eigenvalue weighted by molar-refractivity contribution is 7.17. The summed E-state index contributed by atoms with van der Waals surface area (Å²) in [5.41, 5.74) is -2.88. The van der Waals surface area contributed by atoms with Gasteiger partial charge in [-0.25, -0.2) is 14.2 Å². The van der Waals surface area contributed by atoms with Crippen LogP contribution >= 0.6 is 22.9 Å². The number of benzene rings is 2. The van der Waals surface area contributed by atoms with Gasteiger partial charge in [0.15, 0.2) is 0 Å². The van der Waals surface area contributed by atoms with Crippen LogP contribution in [0.3, 0.4) is 0 Å². The zero-order valence-electron chi connectivity index (χ0n) is 17.6. The van der Waals surface area contributed by atoms with Gasteiger partial charge in [0.1, 0.15) is 16.3 Å². The Hall–Kier alpha value is -3.77. The molecule has 2 aromatic heterocycles. The number of para-hydroxylation sites is 1. The smallest absolute Gasteiger partial charge is 0.429 e. The zero-order chi connectivity index (χ0) is 25.5. The number of halogens is 4. The molecule has 4 rings (SSSR count). The first kappa shape index (κ1) is 24.4. The Bertz CT molecular complexity index is 1560. The number of nitrogens with zero attached hydrogens (tertiary/aromatic N) is 1. The second-order valence-electron chi connectivity index (χ2n) is 7.12. The molecule has 0 aliphatic rings. The van der Waals surface area contributed by atoms with Gasteiger partial charge in [0.05, 0.1) is 28.8 Å². The van der Waals surface area contributed by atoms with E-state index in [-0.39, 0.29) is 43.6 Å². The van der Waals surface area contributed by atoms with Crippen LogP contribution in [0.1, 0.15) is 22.0 Å². The minimum atomic E-state index is -4.85. The van der Waals surface area contributed by atoms with E-state index in [0.717, 1.165) is 29.5 Å². The number of aromatic amines is 1. The zero-order valence-corrected chi connectivity index (χ0v) is 19.1. The van der Waals surface area contributed by atoms with E-state index >= 15 is 0 Å². The fraction of sp³-hybridized carbons (Fsp3) is 0.136. The van der Waals surface area contributed by atoms with Crippen molar-refractivity contribution in [2.75, 3.05) is 7.11 Å². The van der Waals surface area contributed by atoms with Crippen LogP contribution in [0.4, 0.5) is 13.2 Å². The number of methoxy groups -OCH3 is 1. The number of alkyl halides is 3. The molecule has 0 bridgehead atoms. The summed E-state index contributed by atoms with van der Waals surface area (Å²) in [6, 6.07) is 8.73. The van der Waals surface area contributed by atoms with E-state index in [1.165, 1.54) is 36.8 Å². The molecule has 0 aliphatic carbocycles. The summed E-state index contributed by atoms with van der Waals surface area (Å²) in [7, 11) is 1.22. The fourth-order valence-corrected chi connectivity index (χ4v) is 4.58. The SMILES string of the molecule is COc1ccccc1C(Oc1ccc(Cl)c(-n2c(=O)[nH]c3scc(C(=O)O)c3c2=O)c1)C(F)(F)F. The highest BCUT2D eigenvalue weighted by atomic mass is 35.5. The molecular weight excluding hydrogens is 513 g/mol. The van der Waals surface area contributed by atoms with Crippen molar-refractivity contribution >= 4 is 39.1 Å². The standard InChI is InChI=1S/C22H14ClF3N2O6S/c1-33-15-5-3-2-4-11(15)17(22(24,25)26)34-10-6-7-13(23)14(8-10)28-19(29)16-12(20(30)31)9-35-18(16)27-21(28)32/h2-9,17H,1H3,(H,27,32)(H,30,31). The molecule has 0 aliphatic heterocycles. The number of nitrogens with one attached hydrogen (secondary N) is 1. The Morgan fingerprint density at radius 1 is 1.20 bits per heavy atom. The first-order chi connectivity index (χ1) is 16.5. The van der Waals surface area contributed by atoms with Gasteiger partial charge < -0.3 is 14.6 Å². The minimum absolute atomic E-state index is 0.0329. The van der Waals surface area contributed by atoms with Crippen LogP contribution in [-0.2, 0) is 0 Å². The Morgan fingerprint density at radius 3 is 2.57 bits per heavy atom. The number of aromatic nitrogens is 2. The first-order valence-electron chi connectivity index (χ1n) is 9.69. The predicted octanol–water partition coefficient (Wildman–Crippen LogP) is 4.78. The topological polar surface area (TPSA) is 111 Å². The number of hydrogen-bond acceptors (Lipinski definition) is 6. The summed E-state index contributed by atoms with van der Waals surface area (Å²) < 4.78 is 52.6. The maximum atomic E-state index is 13.9. The first-order valence-corrected chi connectivity index (χ1v) is 10.9. The van der Waals surface area contributed by atoms with Gasteiger partial charge in [0, 0.05) is 17.0 Å². The van der Waals surface area contributed by atoms with E-state index in [1.54, 1.807) is 0 Å². The third kappa shape index (κ3) is 4.49. The summed E-state index contributed by atoms with van der Waals surface area (Å²) >= 11 is 7.02. The molecule has 35 heavy (non-hydrogen) atoms. The number of carboxylic acids is 1. The molecule has 2 aromatic carbocycles. The van der Waals surface area contributed by atoms with Crippen molar-refractivity contribution in [1.29, 1.82) is 0 Å². The lowest BCUT2D eigenvalue weighted by molar-refractivity contribution is -0.198. The Balaban J connectivity index is 1.86. The average Bonchev–Trinajstić information content (AvgIpc) is 3.23. The Kier molecular flexibility index (Phi) is 6.34. The number of aromatic carboxylic acids is 1. The van der Waals surface area contributed by atoms with Crippen LogP contribution in [0.25, 0.3) is 15.9 Å². The van der Waals surface area contributed by atoms with Crippen LogP contribution in [0.5, 0.6) is 11.5 Å². The quantitative estimate of drug-likeness (QED) is 0.374. The van der Waals surface area contributed by atoms with Gasteiger partial charge in [-0.05, 0) is 18.2 Å². The van der Waals surface area contributed by atoms with E-state index in [1.807, 2.05) is 0 Å². The highest BCUT2D eigenvalue weighted by Crippen LogP contribution is 2.41. The molecule has 1 atom stereocenters. The van der Waals surface area contributed by atoms with E-state index in [0.29, 0.717) is 4.57 Å². The Labute approximate surface area is 202 Å². The number of thiophene rings is 1. The molecule has 1 unspecified atom stereocenters. The Morgan fingerprint density at radius 2 is 1.91 bits per heavy atom. The molecule has 2 N–H and O–H groups in total. The molecule has 0 fully saturated rings. The van der Waals surface area contributed by atoms with Gasteiger partial charge in [-0.3, -0.25) is 9.78 Å². The fourth-order valence-electron chi connectivity index (χ4n) is 3.46. The number of H-pyrrole nitrogens is 1. The molecular formula is C22H14ClF3N2O6S. The maximum absolute atomic E-state index is 13.9. The van der Waals surface area contributed by atoms with Gasteiger partial charge >= 0.3 is 17.8 Å². The number of carbonyl (C=O) groups is 1.